The first kappa shape index (κ1) is 12.6. The Kier molecular flexibility index (Phi) is 3.35. The topological polar surface area (TPSA) is 101 Å². The lowest BCUT2D eigenvalue weighted by Crippen LogP contribution is -2.13. The van der Waals surface area contributed by atoms with E-state index >= 15 is 0 Å². The molecule has 2 rings (SSSR count). The predicted octanol–water partition coefficient (Wildman–Crippen LogP) is 1.23. The Morgan fingerprint density at radius 1 is 1.39 bits per heavy atom. The number of H-pyrrole nitrogens is 1. The Bertz CT molecular complexity index is 622. The second-order valence-corrected chi connectivity index (χ2v) is 5.51. The Hall–Kier alpha value is -1.86. The molecule has 0 aliphatic carbocycles. The van der Waals surface area contributed by atoms with Crippen molar-refractivity contribution in [2.24, 2.45) is 5.14 Å². The molecular weight excluding hydrogens is 252 g/mol. The fourth-order valence-electron chi connectivity index (χ4n) is 1.60. The Labute approximate surface area is 105 Å². The lowest BCUT2D eigenvalue weighted by Gasteiger charge is -2.14. The third-order valence-corrected chi connectivity index (χ3v) is 3.45. The summed E-state index contributed by atoms with van der Waals surface area (Å²) in [5.41, 5.74) is 1.60. The van der Waals surface area contributed by atoms with Gasteiger partial charge in [-0.15, -0.1) is 0 Å². The molecule has 0 bridgehead atoms. The number of aromatic amines is 1. The molecule has 1 atom stereocenters. The van der Waals surface area contributed by atoms with Crippen molar-refractivity contribution in [2.75, 3.05) is 5.32 Å². The summed E-state index contributed by atoms with van der Waals surface area (Å²) >= 11 is 0. The molecule has 0 aliphatic rings. The molecule has 1 unspecified atom stereocenters. The van der Waals surface area contributed by atoms with E-state index in [1.54, 1.807) is 18.3 Å². The first-order chi connectivity index (χ1) is 8.47. The van der Waals surface area contributed by atoms with Crippen molar-refractivity contribution in [3.8, 4) is 0 Å². The molecule has 2 aromatic rings. The van der Waals surface area contributed by atoms with Gasteiger partial charge in [0.15, 0.2) is 0 Å². The maximum absolute atomic E-state index is 11.2. The fraction of sp³-hybridized carbons (Fsp3) is 0.182. The number of hydrogen-bond acceptors (Lipinski definition) is 4. The second kappa shape index (κ2) is 4.79. The average Bonchev–Trinajstić information content (AvgIpc) is 2.81. The molecule has 0 aliphatic heterocycles. The van der Waals surface area contributed by atoms with Gasteiger partial charge in [-0.05, 0) is 31.2 Å². The summed E-state index contributed by atoms with van der Waals surface area (Å²) in [6, 6.07) is 8.22. The van der Waals surface area contributed by atoms with Crippen LogP contribution in [0.4, 0.5) is 5.69 Å². The van der Waals surface area contributed by atoms with E-state index in [2.05, 4.69) is 15.5 Å². The third kappa shape index (κ3) is 2.88. The summed E-state index contributed by atoms with van der Waals surface area (Å²) in [7, 11) is -3.68. The van der Waals surface area contributed by atoms with Crippen LogP contribution >= 0.6 is 0 Å². The van der Waals surface area contributed by atoms with Gasteiger partial charge in [0, 0.05) is 11.9 Å². The van der Waals surface area contributed by atoms with Crippen molar-refractivity contribution in [2.45, 2.75) is 17.9 Å². The van der Waals surface area contributed by atoms with Crippen LogP contribution < -0.4 is 10.5 Å². The van der Waals surface area contributed by atoms with E-state index in [0.717, 1.165) is 5.69 Å². The number of sulfonamides is 1. The fourth-order valence-corrected chi connectivity index (χ4v) is 2.16. The van der Waals surface area contributed by atoms with Crippen LogP contribution in [0.5, 0.6) is 0 Å². The average molecular weight is 266 g/mol. The van der Waals surface area contributed by atoms with Crippen molar-refractivity contribution < 1.29 is 8.42 Å². The Balaban J connectivity index is 2.20. The minimum Gasteiger partial charge on any atom is -0.377 e. The van der Waals surface area contributed by atoms with Gasteiger partial charge in [0.1, 0.15) is 0 Å². The molecule has 96 valence electrons. The van der Waals surface area contributed by atoms with Gasteiger partial charge in [-0.2, -0.15) is 5.10 Å². The maximum atomic E-state index is 11.2. The number of nitrogens with one attached hydrogen (secondary N) is 2. The SMILES string of the molecule is CC(Nc1cccc(S(N)(=O)=O)c1)c1ccn[nH]1. The monoisotopic (exact) mass is 266 g/mol. The van der Waals surface area contributed by atoms with Crippen LogP contribution in [0.2, 0.25) is 0 Å². The van der Waals surface area contributed by atoms with Crippen LogP contribution in [-0.2, 0) is 10.0 Å². The third-order valence-electron chi connectivity index (χ3n) is 2.53. The molecule has 0 spiro atoms. The molecule has 4 N–H and O–H groups in total. The number of nitrogens with zero attached hydrogens (tertiary/aromatic N) is 1. The molecule has 0 fully saturated rings. The maximum Gasteiger partial charge on any atom is 0.238 e. The van der Waals surface area contributed by atoms with Gasteiger partial charge >= 0.3 is 0 Å². The number of aromatic nitrogens is 2. The summed E-state index contributed by atoms with van der Waals surface area (Å²) < 4.78 is 22.5. The van der Waals surface area contributed by atoms with E-state index < -0.39 is 10.0 Å². The van der Waals surface area contributed by atoms with Crippen LogP contribution in [0.3, 0.4) is 0 Å². The highest BCUT2D eigenvalue weighted by Crippen LogP contribution is 2.19. The van der Waals surface area contributed by atoms with Crippen LogP contribution in [0.15, 0.2) is 41.4 Å². The number of anilines is 1. The van der Waals surface area contributed by atoms with Crippen molar-refractivity contribution >= 4 is 15.7 Å². The minimum absolute atomic E-state index is 0.0109. The van der Waals surface area contributed by atoms with E-state index in [9.17, 15) is 8.42 Å². The van der Waals surface area contributed by atoms with Crippen LogP contribution in [0.25, 0.3) is 0 Å². The second-order valence-electron chi connectivity index (χ2n) is 3.95. The lowest BCUT2D eigenvalue weighted by atomic mass is 10.2. The molecule has 0 amide bonds. The quantitative estimate of drug-likeness (QED) is 0.774. The van der Waals surface area contributed by atoms with Crippen molar-refractivity contribution in [3.63, 3.8) is 0 Å². The lowest BCUT2D eigenvalue weighted by molar-refractivity contribution is 0.598. The number of primary sulfonamides is 1. The molecule has 7 heteroatoms. The molecule has 1 aromatic heterocycles. The zero-order chi connectivity index (χ0) is 13.2. The van der Waals surface area contributed by atoms with Gasteiger partial charge in [0.2, 0.25) is 10.0 Å². The zero-order valence-corrected chi connectivity index (χ0v) is 10.6. The summed E-state index contributed by atoms with van der Waals surface area (Å²) in [5, 5.41) is 15.0. The van der Waals surface area contributed by atoms with Crippen molar-refractivity contribution in [3.05, 3.63) is 42.2 Å². The van der Waals surface area contributed by atoms with E-state index in [0.29, 0.717) is 5.69 Å². The number of hydrogen-bond donors (Lipinski definition) is 3. The molecular formula is C11H14N4O2S. The molecule has 6 nitrogen and oxygen atoms in total. The largest absolute Gasteiger partial charge is 0.377 e. The molecule has 0 saturated heterocycles. The molecule has 1 heterocycles. The smallest absolute Gasteiger partial charge is 0.238 e. The summed E-state index contributed by atoms with van der Waals surface area (Å²) in [6.07, 6.45) is 1.66. The number of nitrogens with two attached hydrogens (primary N) is 1. The Morgan fingerprint density at radius 3 is 2.78 bits per heavy atom. The zero-order valence-electron chi connectivity index (χ0n) is 9.79. The first-order valence-electron chi connectivity index (χ1n) is 5.35. The highest BCUT2D eigenvalue weighted by molar-refractivity contribution is 7.89. The van der Waals surface area contributed by atoms with Gasteiger partial charge in [0.25, 0.3) is 0 Å². The predicted molar refractivity (Wildman–Crippen MR) is 68.4 cm³/mol. The first-order valence-corrected chi connectivity index (χ1v) is 6.90. The molecule has 0 radical (unpaired) electrons. The highest BCUT2D eigenvalue weighted by Gasteiger charge is 2.10. The van der Waals surface area contributed by atoms with Crippen LogP contribution in [-0.4, -0.2) is 18.6 Å². The van der Waals surface area contributed by atoms with E-state index in [1.807, 2.05) is 13.0 Å². The summed E-state index contributed by atoms with van der Waals surface area (Å²) in [4.78, 5) is 0.0873. The van der Waals surface area contributed by atoms with Crippen LogP contribution in [0, 0.1) is 0 Å². The van der Waals surface area contributed by atoms with E-state index in [4.69, 9.17) is 5.14 Å². The van der Waals surface area contributed by atoms with Gasteiger partial charge < -0.3 is 5.32 Å². The van der Waals surface area contributed by atoms with E-state index in [-0.39, 0.29) is 10.9 Å². The normalized spacial score (nSPS) is 13.2. The minimum atomic E-state index is -3.68. The van der Waals surface area contributed by atoms with Gasteiger partial charge in [-0.3, -0.25) is 5.10 Å². The highest BCUT2D eigenvalue weighted by atomic mass is 32.2. The number of rotatable bonds is 4. The molecule has 1 aromatic carbocycles. The van der Waals surface area contributed by atoms with Crippen molar-refractivity contribution in [1.29, 1.82) is 0 Å². The van der Waals surface area contributed by atoms with Crippen molar-refractivity contribution in [1.82, 2.24) is 10.2 Å². The van der Waals surface area contributed by atoms with Gasteiger partial charge in [0.05, 0.1) is 16.6 Å². The van der Waals surface area contributed by atoms with Gasteiger partial charge in [-0.1, -0.05) is 6.07 Å². The van der Waals surface area contributed by atoms with Gasteiger partial charge in [-0.25, -0.2) is 13.6 Å². The summed E-state index contributed by atoms with van der Waals surface area (Å²) in [6.45, 7) is 1.94. The number of benzene rings is 1. The standard InChI is InChI=1S/C11H14N4O2S/c1-8(11-5-6-13-15-11)14-9-3-2-4-10(7-9)18(12,16)17/h2-8,14H,1H3,(H,13,15)(H2,12,16,17). The Morgan fingerprint density at radius 2 is 2.17 bits per heavy atom. The van der Waals surface area contributed by atoms with Crippen LogP contribution in [0.1, 0.15) is 18.7 Å². The molecule has 18 heavy (non-hydrogen) atoms. The molecule has 0 saturated carbocycles. The summed E-state index contributed by atoms with van der Waals surface area (Å²) in [5.74, 6) is 0. The van der Waals surface area contributed by atoms with E-state index in [1.165, 1.54) is 12.1 Å².